The van der Waals surface area contributed by atoms with Crippen molar-refractivity contribution in [3.63, 3.8) is 0 Å². The number of nitro groups is 1. The van der Waals surface area contributed by atoms with Crippen LogP contribution in [-0.4, -0.2) is 11.5 Å². The van der Waals surface area contributed by atoms with Crippen molar-refractivity contribution in [2.45, 2.75) is 45.4 Å². The van der Waals surface area contributed by atoms with Gasteiger partial charge in [-0.05, 0) is 37.3 Å². The molecular formula is C15H21ClN2O2. The summed E-state index contributed by atoms with van der Waals surface area (Å²) in [4.78, 5) is 10.4. The highest BCUT2D eigenvalue weighted by Crippen LogP contribution is 2.31. The summed E-state index contributed by atoms with van der Waals surface area (Å²) in [7, 11) is 0. The zero-order chi connectivity index (χ0) is 14.5. The molecule has 0 bridgehead atoms. The maximum Gasteiger partial charge on any atom is 0.288 e. The number of anilines is 1. The first-order valence-corrected chi connectivity index (χ1v) is 7.64. The normalized spacial score (nSPS) is 16.7. The molecule has 0 unspecified atom stereocenters. The molecule has 1 aliphatic carbocycles. The summed E-state index contributed by atoms with van der Waals surface area (Å²) in [6.45, 7) is 2.80. The smallest absolute Gasteiger partial charge is 0.288 e. The third-order valence-electron chi connectivity index (χ3n) is 4.05. The van der Waals surface area contributed by atoms with Gasteiger partial charge >= 0.3 is 0 Å². The van der Waals surface area contributed by atoms with E-state index in [1.807, 2.05) is 6.92 Å². The number of nitrogens with one attached hydrogen (secondary N) is 1. The Morgan fingerprint density at radius 1 is 1.30 bits per heavy atom. The number of hydrogen-bond acceptors (Lipinski definition) is 3. The van der Waals surface area contributed by atoms with Crippen LogP contribution in [0.2, 0.25) is 5.02 Å². The van der Waals surface area contributed by atoms with E-state index >= 15 is 0 Å². The maximum atomic E-state index is 10.8. The van der Waals surface area contributed by atoms with Gasteiger partial charge in [-0.1, -0.05) is 37.3 Å². The first-order chi connectivity index (χ1) is 9.58. The molecule has 1 saturated carbocycles. The summed E-state index contributed by atoms with van der Waals surface area (Å²) in [6.07, 6.45) is 7.86. The van der Waals surface area contributed by atoms with Gasteiger partial charge in [0.1, 0.15) is 5.02 Å². The Balaban J connectivity index is 2.02. The predicted octanol–water partition coefficient (Wildman–Crippen LogP) is 4.94. The number of benzene rings is 1. The Morgan fingerprint density at radius 2 is 1.95 bits per heavy atom. The van der Waals surface area contributed by atoms with Gasteiger partial charge in [0.15, 0.2) is 0 Å². The van der Waals surface area contributed by atoms with Crippen LogP contribution in [0.4, 0.5) is 11.4 Å². The Labute approximate surface area is 124 Å². The molecular weight excluding hydrogens is 276 g/mol. The van der Waals surface area contributed by atoms with Crippen LogP contribution in [0, 0.1) is 23.0 Å². The Bertz CT molecular complexity index is 483. The second kappa shape index (κ2) is 6.93. The van der Waals surface area contributed by atoms with Gasteiger partial charge in [0.2, 0.25) is 0 Å². The molecule has 0 aromatic heterocycles. The minimum absolute atomic E-state index is 0.0239. The zero-order valence-electron chi connectivity index (χ0n) is 11.8. The van der Waals surface area contributed by atoms with E-state index in [0.717, 1.165) is 17.8 Å². The van der Waals surface area contributed by atoms with Gasteiger partial charge in [-0.15, -0.1) is 0 Å². The molecule has 0 aliphatic heterocycles. The summed E-state index contributed by atoms with van der Waals surface area (Å²) < 4.78 is 0. The van der Waals surface area contributed by atoms with Gasteiger partial charge in [-0.2, -0.15) is 0 Å². The summed E-state index contributed by atoms with van der Waals surface area (Å²) >= 11 is 5.96. The van der Waals surface area contributed by atoms with Crippen molar-refractivity contribution in [3.8, 4) is 0 Å². The average Bonchev–Trinajstić information content (AvgIpc) is 2.67. The van der Waals surface area contributed by atoms with Crippen molar-refractivity contribution in [2.75, 3.05) is 11.9 Å². The van der Waals surface area contributed by atoms with Gasteiger partial charge in [-0.25, -0.2) is 0 Å². The van der Waals surface area contributed by atoms with Crippen LogP contribution in [-0.2, 0) is 0 Å². The highest BCUT2D eigenvalue weighted by atomic mass is 35.5. The van der Waals surface area contributed by atoms with Crippen molar-refractivity contribution < 1.29 is 4.92 Å². The number of aryl methyl sites for hydroxylation is 1. The monoisotopic (exact) mass is 296 g/mol. The molecule has 1 fully saturated rings. The first kappa shape index (κ1) is 15.1. The lowest BCUT2D eigenvalue weighted by Crippen LogP contribution is -2.14. The first-order valence-electron chi connectivity index (χ1n) is 7.26. The van der Waals surface area contributed by atoms with E-state index in [1.165, 1.54) is 44.6 Å². The summed E-state index contributed by atoms with van der Waals surface area (Å²) in [5, 5.41) is 14.4. The summed E-state index contributed by atoms with van der Waals surface area (Å²) in [5.41, 5.74) is 1.75. The largest absolute Gasteiger partial charge is 0.385 e. The molecule has 2 rings (SSSR count). The van der Waals surface area contributed by atoms with Gasteiger partial charge in [0.05, 0.1) is 4.92 Å². The fourth-order valence-corrected chi connectivity index (χ4v) is 3.05. The Kier molecular flexibility index (Phi) is 5.24. The third kappa shape index (κ3) is 3.85. The van der Waals surface area contributed by atoms with E-state index in [-0.39, 0.29) is 10.7 Å². The molecule has 5 heteroatoms. The zero-order valence-corrected chi connectivity index (χ0v) is 12.6. The molecule has 1 N–H and O–H groups in total. The maximum absolute atomic E-state index is 10.8. The van der Waals surface area contributed by atoms with E-state index in [1.54, 1.807) is 6.07 Å². The molecule has 0 radical (unpaired) electrons. The van der Waals surface area contributed by atoms with E-state index in [2.05, 4.69) is 5.32 Å². The molecule has 0 spiro atoms. The van der Waals surface area contributed by atoms with E-state index in [4.69, 9.17) is 11.6 Å². The molecule has 0 amide bonds. The molecule has 4 nitrogen and oxygen atoms in total. The van der Waals surface area contributed by atoms with E-state index < -0.39 is 4.92 Å². The minimum Gasteiger partial charge on any atom is -0.385 e. The van der Waals surface area contributed by atoms with Crippen LogP contribution < -0.4 is 5.32 Å². The highest BCUT2D eigenvalue weighted by molar-refractivity contribution is 6.33. The lowest BCUT2D eigenvalue weighted by atomic mass is 10.00. The van der Waals surface area contributed by atoms with E-state index in [9.17, 15) is 10.1 Å². The van der Waals surface area contributed by atoms with Crippen molar-refractivity contribution in [1.29, 1.82) is 0 Å². The fourth-order valence-electron chi connectivity index (χ4n) is 2.82. The molecule has 1 aromatic carbocycles. The fraction of sp³-hybridized carbons (Fsp3) is 0.600. The summed E-state index contributed by atoms with van der Waals surface area (Å²) in [6, 6.07) is 3.21. The molecule has 0 heterocycles. The third-order valence-corrected chi connectivity index (χ3v) is 4.35. The molecule has 0 saturated heterocycles. The van der Waals surface area contributed by atoms with E-state index in [0.29, 0.717) is 5.92 Å². The van der Waals surface area contributed by atoms with Crippen LogP contribution in [0.5, 0.6) is 0 Å². The summed E-state index contributed by atoms with van der Waals surface area (Å²) in [5.74, 6) is 0.700. The van der Waals surface area contributed by atoms with Crippen molar-refractivity contribution >= 4 is 23.0 Å². The van der Waals surface area contributed by atoms with Crippen LogP contribution in [0.25, 0.3) is 0 Å². The number of hydrogen-bond donors (Lipinski definition) is 1. The standard InChI is InChI=1S/C15H21ClN2O2/c1-11-8-15(18(19)20)13(16)9-14(11)17-10-12-6-4-2-3-5-7-12/h8-9,12,17H,2-7,10H2,1H3. The lowest BCUT2D eigenvalue weighted by molar-refractivity contribution is -0.384. The highest BCUT2D eigenvalue weighted by Gasteiger charge is 2.16. The number of rotatable bonds is 4. The topological polar surface area (TPSA) is 55.2 Å². The Hall–Kier alpha value is -1.29. The van der Waals surface area contributed by atoms with Gasteiger partial charge in [0.25, 0.3) is 5.69 Å². The van der Waals surface area contributed by atoms with Crippen LogP contribution in [0.1, 0.15) is 44.1 Å². The van der Waals surface area contributed by atoms with Crippen molar-refractivity contribution in [2.24, 2.45) is 5.92 Å². The van der Waals surface area contributed by atoms with Crippen molar-refractivity contribution in [1.82, 2.24) is 0 Å². The molecule has 20 heavy (non-hydrogen) atoms. The van der Waals surface area contributed by atoms with Crippen LogP contribution in [0.3, 0.4) is 0 Å². The number of nitro benzene ring substituents is 1. The second-order valence-corrected chi connectivity index (χ2v) is 6.02. The SMILES string of the molecule is Cc1cc([N+](=O)[O-])c(Cl)cc1NCC1CCCCCC1. The predicted molar refractivity (Wildman–Crippen MR) is 82.5 cm³/mol. The van der Waals surface area contributed by atoms with Gasteiger partial charge in [0, 0.05) is 18.3 Å². The van der Waals surface area contributed by atoms with Gasteiger partial charge in [-0.3, -0.25) is 10.1 Å². The quantitative estimate of drug-likeness (QED) is 0.486. The minimum atomic E-state index is -0.440. The second-order valence-electron chi connectivity index (χ2n) is 5.61. The average molecular weight is 297 g/mol. The molecule has 0 atom stereocenters. The molecule has 110 valence electrons. The van der Waals surface area contributed by atoms with Gasteiger partial charge < -0.3 is 5.32 Å². The number of nitrogens with zero attached hydrogens (tertiary/aromatic N) is 1. The number of halogens is 1. The lowest BCUT2D eigenvalue weighted by Gasteiger charge is -2.17. The Morgan fingerprint density at radius 3 is 2.55 bits per heavy atom. The van der Waals surface area contributed by atoms with Crippen LogP contribution in [0.15, 0.2) is 12.1 Å². The van der Waals surface area contributed by atoms with Crippen LogP contribution >= 0.6 is 11.6 Å². The van der Waals surface area contributed by atoms with Crippen molar-refractivity contribution in [3.05, 3.63) is 32.8 Å². The molecule has 1 aromatic rings. The molecule has 1 aliphatic rings.